The van der Waals surface area contributed by atoms with Crippen molar-refractivity contribution in [1.82, 2.24) is 14.9 Å². The van der Waals surface area contributed by atoms with Crippen LogP contribution in [0.4, 0.5) is 5.13 Å². The number of hydrogen-bond donors (Lipinski definition) is 1. The minimum absolute atomic E-state index is 0.0171. The first-order valence-electron chi connectivity index (χ1n) is 9.72. The molecule has 0 radical (unpaired) electrons. The van der Waals surface area contributed by atoms with Crippen molar-refractivity contribution >= 4 is 51.4 Å². The van der Waals surface area contributed by atoms with Crippen LogP contribution < -0.4 is 5.32 Å². The predicted molar refractivity (Wildman–Crippen MR) is 122 cm³/mol. The summed E-state index contributed by atoms with van der Waals surface area (Å²) in [5.74, 6) is 0.539. The van der Waals surface area contributed by atoms with Crippen LogP contribution in [0.25, 0.3) is 0 Å². The third-order valence-corrected chi connectivity index (χ3v) is 7.80. The Bertz CT molecular complexity index is 1000. The number of likely N-dealkylation sites (tertiary alicyclic amines) is 1. The Labute approximate surface area is 187 Å². The van der Waals surface area contributed by atoms with Crippen LogP contribution in [0.5, 0.6) is 0 Å². The number of rotatable bonds is 6. The SMILES string of the molecule is Cc1csc(SCc2ccc(C(=O)N3CCCC(C(=O)Nc4nccs4)C3)cc2)n1. The van der Waals surface area contributed by atoms with Crippen molar-refractivity contribution in [3.63, 3.8) is 0 Å². The fourth-order valence-electron chi connectivity index (χ4n) is 3.34. The summed E-state index contributed by atoms with van der Waals surface area (Å²) in [6.07, 6.45) is 3.27. The van der Waals surface area contributed by atoms with E-state index in [1.165, 1.54) is 11.3 Å². The van der Waals surface area contributed by atoms with Crippen molar-refractivity contribution in [3.8, 4) is 0 Å². The number of carbonyl (C=O) groups is 2. The second kappa shape index (κ2) is 9.72. The number of anilines is 1. The number of hydrogen-bond acceptors (Lipinski definition) is 7. The highest BCUT2D eigenvalue weighted by atomic mass is 32.2. The van der Waals surface area contributed by atoms with Crippen molar-refractivity contribution < 1.29 is 9.59 Å². The molecule has 1 aliphatic heterocycles. The van der Waals surface area contributed by atoms with Crippen LogP contribution in [0.1, 0.15) is 34.5 Å². The summed E-state index contributed by atoms with van der Waals surface area (Å²) in [5.41, 5.74) is 2.86. The standard InChI is InChI=1S/C21H22N4O2S3/c1-14-12-29-21(23-14)30-13-15-4-6-16(7-5-15)19(27)25-9-2-3-17(11-25)18(26)24-20-22-8-10-28-20/h4-8,10,12,17H,2-3,9,11,13H2,1H3,(H,22,24,26). The molecule has 3 heterocycles. The molecule has 0 spiro atoms. The summed E-state index contributed by atoms with van der Waals surface area (Å²) in [6.45, 7) is 3.12. The van der Waals surface area contributed by atoms with E-state index >= 15 is 0 Å². The molecule has 1 saturated heterocycles. The van der Waals surface area contributed by atoms with E-state index in [9.17, 15) is 9.59 Å². The van der Waals surface area contributed by atoms with Gasteiger partial charge in [0.1, 0.15) is 4.34 Å². The van der Waals surface area contributed by atoms with Gasteiger partial charge in [-0.3, -0.25) is 9.59 Å². The van der Waals surface area contributed by atoms with Crippen LogP contribution in [0.2, 0.25) is 0 Å². The maximum atomic E-state index is 12.9. The Balaban J connectivity index is 1.33. The minimum Gasteiger partial charge on any atom is -0.338 e. The lowest BCUT2D eigenvalue weighted by atomic mass is 9.96. The lowest BCUT2D eigenvalue weighted by Gasteiger charge is -2.32. The molecular weight excluding hydrogens is 436 g/mol. The molecule has 0 saturated carbocycles. The molecule has 2 aromatic heterocycles. The topological polar surface area (TPSA) is 75.2 Å². The number of aromatic nitrogens is 2. The molecule has 1 aliphatic rings. The highest BCUT2D eigenvalue weighted by Crippen LogP contribution is 2.26. The summed E-state index contributed by atoms with van der Waals surface area (Å²) in [5, 5.41) is 7.33. The lowest BCUT2D eigenvalue weighted by molar-refractivity contribution is -0.121. The fraction of sp³-hybridized carbons (Fsp3) is 0.333. The Morgan fingerprint density at radius 2 is 2.10 bits per heavy atom. The molecule has 3 aromatic rings. The molecule has 6 nitrogen and oxygen atoms in total. The molecule has 1 aromatic carbocycles. The number of piperidine rings is 1. The predicted octanol–water partition coefficient (Wildman–Crippen LogP) is 4.69. The van der Waals surface area contributed by atoms with Crippen LogP contribution in [0.15, 0.2) is 45.6 Å². The summed E-state index contributed by atoms with van der Waals surface area (Å²) in [4.78, 5) is 35.8. The quantitative estimate of drug-likeness (QED) is 0.542. The molecule has 1 unspecified atom stereocenters. The van der Waals surface area contributed by atoms with Crippen molar-refractivity contribution in [1.29, 1.82) is 0 Å². The van der Waals surface area contributed by atoms with Crippen LogP contribution in [0, 0.1) is 12.8 Å². The number of amides is 2. The van der Waals surface area contributed by atoms with Gasteiger partial charge in [-0.2, -0.15) is 0 Å². The average Bonchev–Trinajstić information content (AvgIpc) is 3.44. The van der Waals surface area contributed by atoms with Gasteiger partial charge < -0.3 is 10.2 Å². The first kappa shape index (κ1) is 21.0. The van der Waals surface area contributed by atoms with E-state index in [2.05, 4.69) is 15.3 Å². The maximum Gasteiger partial charge on any atom is 0.253 e. The molecule has 1 fully saturated rings. The van der Waals surface area contributed by atoms with Gasteiger partial charge in [0.25, 0.3) is 5.91 Å². The van der Waals surface area contributed by atoms with E-state index in [1.54, 1.807) is 34.2 Å². The van der Waals surface area contributed by atoms with Gasteiger partial charge in [0.05, 0.1) is 5.92 Å². The normalized spacial score (nSPS) is 16.4. The summed E-state index contributed by atoms with van der Waals surface area (Å²) < 4.78 is 1.06. The molecule has 9 heteroatoms. The van der Waals surface area contributed by atoms with Gasteiger partial charge in [-0.25, -0.2) is 9.97 Å². The first-order chi connectivity index (χ1) is 14.6. The Kier molecular flexibility index (Phi) is 6.81. The number of carbonyl (C=O) groups excluding carboxylic acids is 2. The largest absolute Gasteiger partial charge is 0.338 e. The minimum atomic E-state index is -0.205. The van der Waals surface area contributed by atoms with Gasteiger partial charge >= 0.3 is 0 Å². The first-order valence-corrected chi connectivity index (χ1v) is 12.5. The van der Waals surface area contributed by atoms with Gasteiger partial charge in [0.15, 0.2) is 5.13 Å². The molecule has 2 amide bonds. The number of thiazole rings is 2. The Morgan fingerprint density at radius 3 is 2.80 bits per heavy atom. The van der Waals surface area contributed by atoms with Crippen molar-refractivity contribution in [3.05, 3.63) is 58.0 Å². The van der Waals surface area contributed by atoms with E-state index in [0.29, 0.717) is 23.8 Å². The second-order valence-corrected chi connectivity index (χ2v) is 10.1. The van der Waals surface area contributed by atoms with Crippen molar-refractivity contribution in [2.45, 2.75) is 29.9 Å². The summed E-state index contributed by atoms with van der Waals surface area (Å²) >= 11 is 4.75. The number of nitrogens with one attached hydrogen (secondary N) is 1. The molecule has 0 aliphatic carbocycles. The Morgan fingerprint density at radius 1 is 1.27 bits per heavy atom. The van der Waals surface area contributed by atoms with E-state index in [0.717, 1.165) is 34.2 Å². The van der Waals surface area contributed by atoms with Gasteiger partial charge in [-0.05, 0) is 37.5 Å². The van der Waals surface area contributed by atoms with E-state index in [4.69, 9.17) is 0 Å². The smallest absolute Gasteiger partial charge is 0.253 e. The third kappa shape index (κ3) is 5.27. The lowest BCUT2D eigenvalue weighted by Crippen LogP contribution is -2.43. The number of aryl methyl sites for hydroxylation is 1. The van der Waals surface area contributed by atoms with E-state index in [-0.39, 0.29) is 17.7 Å². The summed E-state index contributed by atoms with van der Waals surface area (Å²) in [6, 6.07) is 7.75. The second-order valence-electron chi connectivity index (χ2n) is 7.16. The molecule has 4 rings (SSSR count). The number of nitrogens with zero attached hydrogens (tertiary/aromatic N) is 3. The number of thioether (sulfide) groups is 1. The average molecular weight is 459 g/mol. The fourth-order valence-corrected chi connectivity index (χ4v) is 5.68. The van der Waals surface area contributed by atoms with Crippen LogP contribution in [-0.2, 0) is 10.5 Å². The zero-order valence-corrected chi connectivity index (χ0v) is 19.0. The molecule has 1 atom stereocenters. The molecule has 0 bridgehead atoms. The molecule has 156 valence electrons. The molecular formula is C21H22N4O2S3. The zero-order valence-electron chi connectivity index (χ0n) is 16.5. The third-order valence-electron chi connectivity index (χ3n) is 4.90. The van der Waals surface area contributed by atoms with Crippen LogP contribution in [-0.4, -0.2) is 39.8 Å². The van der Waals surface area contributed by atoms with Crippen LogP contribution in [0.3, 0.4) is 0 Å². The van der Waals surface area contributed by atoms with E-state index < -0.39 is 0 Å². The monoisotopic (exact) mass is 458 g/mol. The van der Waals surface area contributed by atoms with Crippen LogP contribution >= 0.6 is 34.4 Å². The van der Waals surface area contributed by atoms with E-state index in [1.807, 2.05) is 41.9 Å². The van der Waals surface area contributed by atoms with Gasteiger partial charge in [-0.1, -0.05) is 23.9 Å². The summed E-state index contributed by atoms with van der Waals surface area (Å²) in [7, 11) is 0. The van der Waals surface area contributed by atoms with Gasteiger partial charge in [0, 0.05) is 47.1 Å². The highest BCUT2D eigenvalue weighted by molar-refractivity contribution is 8.00. The Hall–Kier alpha value is -2.23. The zero-order chi connectivity index (χ0) is 20.9. The highest BCUT2D eigenvalue weighted by Gasteiger charge is 2.29. The van der Waals surface area contributed by atoms with Gasteiger partial charge in [-0.15, -0.1) is 22.7 Å². The van der Waals surface area contributed by atoms with Crippen molar-refractivity contribution in [2.75, 3.05) is 18.4 Å². The number of benzene rings is 1. The maximum absolute atomic E-state index is 12.9. The molecule has 1 N–H and O–H groups in total. The van der Waals surface area contributed by atoms with Gasteiger partial charge in [0.2, 0.25) is 5.91 Å². The molecule has 30 heavy (non-hydrogen) atoms. The van der Waals surface area contributed by atoms with Crippen molar-refractivity contribution in [2.24, 2.45) is 5.92 Å².